The molecule has 2 aromatic heterocycles. The van der Waals surface area contributed by atoms with E-state index in [4.69, 9.17) is 28.4 Å². The number of aromatic nitrogens is 4. The highest BCUT2D eigenvalue weighted by Crippen LogP contribution is 2.37. The van der Waals surface area contributed by atoms with Gasteiger partial charge >= 0.3 is 11.4 Å². The smallest absolute Gasteiger partial charge is 0.330 e. The lowest BCUT2D eigenvalue weighted by molar-refractivity contribution is -0.0606. The maximum Gasteiger partial charge on any atom is 0.330 e. The molecule has 0 radical (unpaired) electrons. The van der Waals surface area contributed by atoms with Crippen LogP contribution in [0.15, 0.2) is 43.7 Å². The van der Waals surface area contributed by atoms with Gasteiger partial charge in [0.1, 0.15) is 12.3 Å². The van der Waals surface area contributed by atoms with Crippen molar-refractivity contribution in [1.29, 1.82) is 0 Å². The highest BCUT2D eigenvalue weighted by Gasteiger charge is 2.39. The van der Waals surface area contributed by atoms with Gasteiger partial charge in [-0.3, -0.25) is 28.7 Å². The Morgan fingerprint density at radius 1 is 0.889 bits per heavy atom. The monoisotopic (exact) mass is 664 g/mol. The maximum absolute atomic E-state index is 12.2. The van der Waals surface area contributed by atoms with Crippen LogP contribution in [0.5, 0.6) is 0 Å². The van der Waals surface area contributed by atoms with E-state index >= 15 is 0 Å². The summed E-state index contributed by atoms with van der Waals surface area (Å²) in [4.78, 5) is 51.5. The molecule has 0 saturated carbocycles. The van der Waals surface area contributed by atoms with Crippen LogP contribution in [0, 0.1) is 0 Å². The predicted octanol–water partition coefficient (Wildman–Crippen LogP) is 2.70. The Morgan fingerprint density at radius 2 is 1.44 bits per heavy atom. The first-order valence-corrected chi connectivity index (χ1v) is 16.0. The SMILES string of the molecule is CC.CC.CCCCC1OC(n2ccc(=O)[nH]c2=O)C[C@@H]1OPOCC1C[C@@H](OC)C(n2ccc(=O)[nH]c2=O)O1.CO.COC. The highest BCUT2D eigenvalue weighted by molar-refractivity contribution is 7.26. The van der Waals surface area contributed by atoms with E-state index in [1.54, 1.807) is 14.2 Å². The van der Waals surface area contributed by atoms with Gasteiger partial charge in [-0.25, -0.2) is 9.59 Å². The number of aromatic amines is 2. The average molecular weight is 665 g/mol. The molecule has 5 unspecified atom stereocenters. The largest absolute Gasteiger partial charge is 0.400 e. The van der Waals surface area contributed by atoms with Crippen molar-refractivity contribution in [2.24, 2.45) is 0 Å². The summed E-state index contributed by atoms with van der Waals surface area (Å²) in [5.41, 5.74) is -2.04. The Balaban J connectivity index is 0.00000196. The van der Waals surface area contributed by atoms with E-state index in [0.29, 0.717) is 12.8 Å². The van der Waals surface area contributed by atoms with Gasteiger partial charge in [0.05, 0.1) is 24.9 Å². The first-order valence-electron chi connectivity index (χ1n) is 15.1. The molecule has 45 heavy (non-hydrogen) atoms. The van der Waals surface area contributed by atoms with Gasteiger partial charge in [0, 0.05) is 65.8 Å². The highest BCUT2D eigenvalue weighted by atomic mass is 31.1. The number of aliphatic hydroxyl groups excluding tert-OH is 1. The van der Waals surface area contributed by atoms with Crippen molar-refractivity contribution in [3.8, 4) is 0 Å². The van der Waals surface area contributed by atoms with Crippen molar-refractivity contribution in [2.75, 3.05) is 35.0 Å². The summed E-state index contributed by atoms with van der Waals surface area (Å²) in [6.45, 7) is 10.3. The zero-order chi connectivity index (χ0) is 34.4. The van der Waals surface area contributed by atoms with Crippen molar-refractivity contribution in [3.63, 3.8) is 0 Å². The van der Waals surface area contributed by atoms with Crippen LogP contribution >= 0.6 is 9.03 Å². The lowest BCUT2D eigenvalue weighted by atomic mass is 10.1. The molecule has 2 fully saturated rings. The molecule has 15 nitrogen and oxygen atoms in total. The third-order valence-electron chi connectivity index (χ3n) is 6.28. The van der Waals surface area contributed by atoms with Crippen LogP contribution in [-0.4, -0.2) is 83.7 Å². The predicted molar refractivity (Wildman–Crippen MR) is 173 cm³/mol. The fourth-order valence-electron chi connectivity index (χ4n) is 4.44. The Hall–Kier alpha value is -2.49. The van der Waals surface area contributed by atoms with Crippen molar-refractivity contribution in [1.82, 2.24) is 19.1 Å². The Morgan fingerprint density at radius 3 is 1.96 bits per heavy atom. The van der Waals surface area contributed by atoms with Crippen LogP contribution in [0.2, 0.25) is 0 Å². The Bertz CT molecular complexity index is 1270. The van der Waals surface area contributed by atoms with Gasteiger partial charge in [-0.05, 0) is 6.42 Å². The molecule has 0 spiro atoms. The third kappa shape index (κ3) is 13.8. The number of rotatable bonds is 11. The van der Waals surface area contributed by atoms with Gasteiger partial charge in [0.25, 0.3) is 11.1 Å². The standard InChI is InChI=1S/C22H31N4O9P.C2H6O.2C2H6.CH4O/c1-3-4-5-14-15(11-19(34-14)25-8-6-17(27)23-21(25)29)35-36-32-12-13-10-16(31-2)20(33-13)26-9-7-18(28)24-22(26)30;1-3-2;3*1-2/h6-9,13-16,19-20,36H,3-5,10-12H2,1-2H3,(H,23,27,29)(H,24,28,30);1-2H3;2*1-2H3;2H,1H3/t13?,14?,15-,16+,19?,20?;;;;/m0..../s1. The molecule has 3 N–H and O–H groups in total. The molecule has 4 heterocycles. The fraction of sp³-hybridized carbons (Fsp3) is 0.724. The zero-order valence-corrected chi connectivity index (χ0v) is 28.9. The lowest BCUT2D eigenvalue weighted by Gasteiger charge is -2.19. The second kappa shape index (κ2) is 24.7. The van der Waals surface area contributed by atoms with E-state index < -0.39 is 35.0 Å². The van der Waals surface area contributed by atoms with Crippen LogP contribution in [-0.2, 0) is 28.0 Å². The molecule has 2 saturated heterocycles. The van der Waals surface area contributed by atoms with Gasteiger partial charge in [0.2, 0.25) is 0 Å². The summed E-state index contributed by atoms with van der Waals surface area (Å²) in [6.07, 6.45) is 4.04. The lowest BCUT2D eigenvalue weighted by Crippen LogP contribution is -2.35. The summed E-state index contributed by atoms with van der Waals surface area (Å²) >= 11 is 0. The molecule has 16 heteroatoms. The number of ether oxygens (including phenoxy) is 4. The molecule has 2 aliphatic heterocycles. The van der Waals surface area contributed by atoms with Gasteiger partial charge in [-0.1, -0.05) is 47.5 Å². The second-order valence-corrected chi connectivity index (χ2v) is 9.85. The van der Waals surface area contributed by atoms with Gasteiger partial charge < -0.3 is 33.1 Å². The number of hydrogen-bond donors (Lipinski definition) is 3. The van der Waals surface area contributed by atoms with Crippen LogP contribution in [0.1, 0.15) is 79.2 Å². The van der Waals surface area contributed by atoms with Crippen LogP contribution in [0.4, 0.5) is 0 Å². The molecule has 2 aromatic rings. The minimum absolute atomic E-state index is 0.207. The van der Waals surface area contributed by atoms with Gasteiger partial charge in [-0.15, -0.1) is 0 Å². The average Bonchev–Trinajstić information content (AvgIpc) is 3.65. The normalized spacial score (nSPS) is 23.5. The molecular formula is C29H53N4O11P. The van der Waals surface area contributed by atoms with Crippen LogP contribution in [0.3, 0.4) is 0 Å². The zero-order valence-electron chi connectivity index (χ0n) is 27.9. The number of nitrogens with zero attached hydrogens (tertiary/aromatic N) is 2. The second-order valence-electron chi connectivity index (χ2n) is 9.16. The molecule has 260 valence electrons. The van der Waals surface area contributed by atoms with E-state index in [1.807, 2.05) is 27.7 Å². The number of nitrogens with one attached hydrogen (secondary N) is 2. The summed E-state index contributed by atoms with van der Waals surface area (Å²) < 4.78 is 36.2. The molecular weight excluding hydrogens is 611 g/mol. The van der Waals surface area contributed by atoms with E-state index in [0.717, 1.165) is 26.4 Å². The van der Waals surface area contributed by atoms with E-state index in [1.165, 1.54) is 40.8 Å². The fourth-order valence-corrected chi connectivity index (χ4v) is 5.14. The summed E-state index contributed by atoms with van der Waals surface area (Å²) in [5, 5.41) is 7.00. The first kappa shape index (κ1) is 42.5. The van der Waals surface area contributed by atoms with E-state index in [2.05, 4.69) is 21.6 Å². The number of hydrogen-bond acceptors (Lipinski definition) is 11. The summed E-state index contributed by atoms with van der Waals surface area (Å²) in [6, 6.07) is 2.54. The van der Waals surface area contributed by atoms with Crippen molar-refractivity contribution < 1.29 is 33.1 Å². The number of H-pyrrole nitrogens is 2. The van der Waals surface area contributed by atoms with E-state index in [9.17, 15) is 19.2 Å². The topological polar surface area (TPSA) is 185 Å². The molecule has 0 aliphatic carbocycles. The molecule has 0 bridgehead atoms. The molecule has 0 amide bonds. The first-order chi connectivity index (χ1) is 21.8. The van der Waals surface area contributed by atoms with Gasteiger partial charge in [0.15, 0.2) is 15.3 Å². The number of unbranched alkanes of at least 4 members (excludes halogenated alkanes) is 1. The summed E-state index contributed by atoms with van der Waals surface area (Å²) in [7, 11) is 5.50. The van der Waals surface area contributed by atoms with Crippen LogP contribution < -0.4 is 22.5 Å². The minimum atomic E-state index is -0.685. The minimum Gasteiger partial charge on any atom is -0.400 e. The number of aliphatic hydroxyl groups is 1. The third-order valence-corrected chi connectivity index (χ3v) is 6.97. The van der Waals surface area contributed by atoms with Gasteiger partial charge in [-0.2, -0.15) is 0 Å². The molecule has 4 rings (SSSR count). The summed E-state index contributed by atoms with van der Waals surface area (Å²) in [5.74, 6) is 0. The van der Waals surface area contributed by atoms with Crippen molar-refractivity contribution >= 4 is 9.03 Å². The number of methoxy groups -OCH3 is 2. The van der Waals surface area contributed by atoms with E-state index in [-0.39, 0.29) is 40.1 Å². The molecule has 7 atom stereocenters. The van der Waals surface area contributed by atoms with Crippen molar-refractivity contribution in [3.05, 3.63) is 66.2 Å². The maximum atomic E-state index is 12.2. The van der Waals surface area contributed by atoms with Crippen molar-refractivity contribution in [2.45, 2.75) is 104 Å². The quantitative estimate of drug-likeness (QED) is 0.237. The Kier molecular flexibility index (Phi) is 23.3. The molecule has 0 aromatic carbocycles. The Labute approximate surface area is 266 Å². The molecule has 2 aliphatic rings. The van der Waals surface area contributed by atoms with Crippen LogP contribution in [0.25, 0.3) is 0 Å².